The number of rotatable bonds is 5. The number of carbonyl (C=O) groups excluding carboxylic acids is 2. The summed E-state index contributed by atoms with van der Waals surface area (Å²) in [6, 6.07) is 22.0. The highest BCUT2D eigenvalue weighted by molar-refractivity contribution is 7.90. The van der Waals surface area contributed by atoms with Crippen molar-refractivity contribution in [2.24, 2.45) is 0 Å². The first-order valence-corrected chi connectivity index (χ1v) is 11.2. The number of nitrogens with zero attached hydrogens (tertiary/aromatic N) is 1. The van der Waals surface area contributed by atoms with Crippen molar-refractivity contribution in [1.29, 1.82) is 0 Å². The van der Waals surface area contributed by atoms with Gasteiger partial charge in [-0.15, -0.1) is 0 Å². The van der Waals surface area contributed by atoms with Crippen LogP contribution >= 0.6 is 0 Å². The molecule has 2 amide bonds. The number of nitrogens with one attached hydrogen (secondary N) is 1. The molecule has 0 bridgehead atoms. The van der Waals surface area contributed by atoms with Gasteiger partial charge in [0.1, 0.15) is 11.5 Å². The first kappa shape index (κ1) is 20.6. The van der Waals surface area contributed by atoms with Gasteiger partial charge < -0.3 is 4.74 Å². The predicted molar refractivity (Wildman–Crippen MR) is 115 cm³/mol. The lowest BCUT2D eigenvalue weighted by Crippen LogP contribution is -2.34. The Hall–Kier alpha value is -3.65. The summed E-state index contributed by atoms with van der Waals surface area (Å²) in [5, 5.41) is 0. The molecule has 0 atom stereocenters. The van der Waals surface area contributed by atoms with E-state index in [1.165, 1.54) is 23.1 Å². The van der Waals surface area contributed by atoms with Crippen molar-refractivity contribution in [2.45, 2.75) is 17.9 Å². The minimum Gasteiger partial charge on any atom is -0.444 e. The number of benzene rings is 3. The van der Waals surface area contributed by atoms with E-state index in [9.17, 15) is 18.0 Å². The molecule has 31 heavy (non-hydrogen) atoms. The van der Waals surface area contributed by atoms with Crippen molar-refractivity contribution in [3.05, 3.63) is 95.6 Å². The minimum atomic E-state index is -4.22. The van der Waals surface area contributed by atoms with Crippen LogP contribution in [-0.2, 0) is 27.8 Å². The fourth-order valence-corrected chi connectivity index (χ4v) is 4.67. The lowest BCUT2D eigenvalue weighted by Gasteiger charge is -2.20. The van der Waals surface area contributed by atoms with E-state index in [1.807, 2.05) is 30.3 Å². The van der Waals surface area contributed by atoms with E-state index in [0.717, 1.165) is 5.56 Å². The molecule has 3 aromatic rings. The average Bonchev–Trinajstić information content (AvgIpc) is 3.23. The standard InChI is InChI=1S/C23H20N2O5S/c26-22(19-10-5-2-6-11-19)24-31(28,29)20-13-7-12-18-14-15-25(21(18)20)23(27)30-16-17-8-3-1-4-9-17/h1-13H,14-16H2,(H,24,26). The molecular formula is C23H20N2O5S. The molecule has 158 valence electrons. The largest absolute Gasteiger partial charge is 0.444 e. The van der Waals surface area contributed by atoms with Gasteiger partial charge in [0.2, 0.25) is 0 Å². The van der Waals surface area contributed by atoms with E-state index < -0.39 is 22.0 Å². The molecule has 0 fully saturated rings. The van der Waals surface area contributed by atoms with Gasteiger partial charge in [0.25, 0.3) is 15.9 Å². The Balaban J connectivity index is 1.57. The van der Waals surface area contributed by atoms with E-state index in [-0.39, 0.29) is 22.8 Å². The molecule has 1 N–H and O–H groups in total. The van der Waals surface area contributed by atoms with Gasteiger partial charge in [0, 0.05) is 12.1 Å². The Morgan fingerprint density at radius 3 is 2.29 bits per heavy atom. The highest BCUT2D eigenvalue weighted by Crippen LogP contribution is 2.35. The Bertz CT molecular complexity index is 1210. The second-order valence-corrected chi connectivity index (χ2v) is 8.66. The van der Waals surface area contributed by atoms with Crippen LogP contribution in [0.25, 0.3) is 0 Å². The molecule has 0 aliphatic carbocycles. The highest BCUT2D eigenvalue weighted by Gasteiger charge is 2.33. The molecule has 3 aromatic carbocycles. The predicted octanol–water partition coefficient (Wildman–Crippen LogP) is 3.50. The van der Waals surface area contributed by atoms with E-state index >= 15 is 0 Å². The van der Waals surface area contributed by atoms with Gasteiger partial charge in [-0.05, 0) is 35.7 Å². The Morgan fingerprint density at radius 2 is 1.58 bits per heavy atom. The maximum Gasteiger partial charge on any atom is 0.414 e. The molecule has 0 saturated carbocycles. The third kappa shape index (κ3) is 4.44. The molecule has 0 radical (unpaired) electrons. The van der Waals surface area contributed by atoms with Crippen LogP contribution in [0.2, 0.25) is 0 Å². The Labute approximate surface area is 180 Å². The van der Waals surface area contributed by atoms with E-state index in [1.54, 1.807) is 30.3 Å². The summed E-state index contributed by atoms with van der Waals surface area (Å²) in [5.41, 5.74) is 1.99. The number of hydrogen-bond donors (Lipinski definition) is 1. The van der Waals surface area contributed by atoms with Gasteiger partial charge in [-0.2, -0.15) is 0 Å². The number of carbonyl (C=O) groups is 2. The summed E-state index contributed by atoms with van der Waals surface area (Å²) < 4.78 is 33.5. The van der Waals surface area contributed by atoms with Gasteiger partial charge in [0.05, 0.1) is 5.69 Å². The number of amides is 2. The number of anilines is 1. The molecule has 8 heteroatoms. The van der Waals surface area contributed by atoms with Crippen LogP contribution in [0.3, 0.4) is 0 Å². The van der Waals surface area contributed by atoms with Gasteiger partial charge in [-0.1, -0.05) is 60.7 Å². The van der Waals surface area contributed by atoms with Crippen LogP contribution in [0.4, 0.5) is 10.5 Å². The number of hydrogen-bond acceptors (Lipinski definition) is 5. The summed E-state index contributed by atoms with van der Waals surface area (Å²) >= 11 is 0. The smallest absolute Gasteiger partial charge is 0.414 e. The highest BCUT2D eigenvalue weighted by atomic mass is 32.2. The number of ether oxygens (including phenoxy) is 1. The van der Waals surface area contributed by atoms with Gasteiger partial charge >= 0.3 is 6.09 Å². The van der Waals surface area contributed by atoms with Crippen molar-refractivity contribution in [2.75, 3.05) is 11.4 Å². The molecule has 0 spiro atoms. The molecule has 0 saturated heterocycles. The van der Waals surface area contributed by atoms with E-state index in [2.05, 4.69) is 4.72 Å². The van der Waals surface area contributed by atoms with Crippen LogP contribution in [-0.4, -0.2) is 27.0 Å². The lowest BCUT2D eigenvalue weighted by atomic mass is 10.2. The van der Waals surface area contributed by atoms with Crippen LogP contribution in [0.5, 0.6) is 0 Å². The fourth-order valence-electron chi connectivity index (χ4n) is 3.44. The van der Waals surface area contributed by atoms with Crippen molar-refractivity contribution in [1.82, 2.24) is 4.72 Å². The molecule has 4 rings (SSSR count). The normalized spacial score (nSPS) is 12.8. The van der Waals surface area contributed by atoms with Crippen molar-refractivity contribution >= 4 is 27.7 Å². The van der Waals surface area contributed by atoms with Crippen LogP contribution in [0.1, 0.15) is 21.5 Å². The zero-order valence-electron chi connectivity index (χ0n) is 16.5. The molecule has 0 aromatic heterocycles. The van der Waals surface area contributed by atoms with Gasteiger partial charge in [-0.3, -0.25) is 9.69 Å². The maximum absolute atomic E-state index is 13.0. The third-order valence-corrected chi connectivity index (χ3v) is 6.30. The SMILES string of the molecule is O=C(NS(=O)(=O)c1cccc2c1N(C(=O)OCc1ccccc1)CC2)c1ccccc1. The monoisotopic (exact) mass is 436 g/mol. The average molecular weight is 436 g/mol. The lowest BCUT2D eigenvalue weighted by molar-refractivity contribution is 0.0981. The van der Waals surface area contributed by atoms with E-state index in [4.69, 9.17) is 4.74 Å². The maximum atomic E-state index is 13.0. The molecule has 7 nitrogen and oxygen atoms in total. The zero-order valence-corrected chi connectivity index (χ0v) is 17.3. The third-order valence-electron chi connectivity index (χ3n) is 4.94. The van der Waals surface area contributed by atoms with E-state index in [0.29, 0.717) is 18.5 Å². The van der Waals surface area contributed by atoms with Gasteiger partial charge in [-0.25, -0.2) is 17.9 Å². The second kappa shape index (κ2) is 8.61. The summed E-state index contributed by atoms with van der Waals surface area (Å²) in [5.74, 6) is -0.741. The first-order chi connectivity index (χ1) is 15.0. The second-order valence-electron chi connectivity index (χ2n) is 7.01. The summed E-state index contributed by atoms with van der Waals surface area (Å²) in [7, 11) is -4.22. The molecular weight excluding hydrogens is 416 g/mol. The number of para-hydroxylation sites is 1. The summed E-state index contributed by atoms with van der Waals surface area (Å²) in [6.07, 6.45) is -0.147. The number of sulfonamides is 1. The minimum absolute atomic E-state index is 0.0746. The van der Waals surface area contributed by atoms with Crippen molar-refractivity contribution < 1.29 is 22.7 Å². The molecule has 1 heterocycles. The quantitative estimate of drug-likeness (QED) is 0.661. The van der Waals surface area contributed by atoms with Crippen molar-refractivity contribution in [3.8, 4) is 0 Å². The van der Waals surface area contributed by atoms with Crippen molar-refractivity contribution in [3.63, 3.8) is 0 Å². The van der Waals surface area contributed by atoms with Crippen LogP contribution < -0.4 is 9.62 Å². The molecule has 1 aliphatic rings. The molecule has 1 aliphatic heterocycles. The zero-order chi connectivity index (χ0) is 21.8. The Morgan fingerprint density at radius 1 is 0.903 bits per heavy atom. The fraction of sp³-hybridized carbons (Fsp3) is 0.130. The molecule has 0 unspecified atom stereocenters. The first-order valence-electron chi connectivity index (χ1n) is 9.68. The topological polar surface area (TPSA) is 92.8 Å². The summed E-state index contributed by atoms with van der Waals surface area (Å²) in [6.45, 7) is 0.368. The summed E-state index contributed by atoms with van der Waals surface area (Å²) in [4.78, 5) is 26.3. The Kier molecular flexibility index (Phi) is 5.73. The van der Waals surface area contributed by atoms with Crippen LogP contribution in [0, 0.1) is 0 Å². The van der Waals surface area contributed by atoms with Crippen LogP contribution in [0.15, 0.2) is 83.8 Å². The van der Waals surface area contributed by atoms with Gasteiger partial charge in [0.15, 0.2) is 0 Å². The number of fused-ring (bicyclic) bond motifs is 1.